The number of nitrogens with one attached hydrogen (secondary N) is 1. The lowest BCUT2D eigenvalue weighted by atomic mass is 10.4. The van der Waals surface area contributed by atoms with E-state index in [-0.39, 0.29) is 5.88 Å². The average molecular weight is 226 g/mol. The Balaban J connectivity index is 0.000000128. The maximum atomic E-state index is 8.74. The van der Waals surface area contributed by atoms with Crippen LogP contribution in [0.5, 0.6) is 0 Å². The van der Waals surface area contributed by atoms with Crippen LogP contribution in [-0.4, -0.2) is 9.51 Å². The summed E-state index contributed by atoms with van der Waals surface area (Å²) in [5.74, 6) is 0.176. The smallest absolute Gasteiger partial charge is 0.188 e. The second kappa shape index (κ2) is 5.61. The second-order valence-electron chi connectivity index (χ2n) is 3.48. The molecule has 0 amide bonds. The van der Waals surface area contributed by atoms with Crippen molar-refractivity contribution in [2.24, 2.45) is 0 Å². The highest BCUT2D eigenvalue weighted by atomic mass is 16.3. The van der Waals surface area contributed by atoms with E-state index < -0.39 is 0 Å². The third-order valence-electron chi connectivity index (χ3n) is 2.24. The Labute approximate surface area is 100 Å². The van der Waals surface area contributed by atoms with Crippen molar-refractivity contribution in [3.05, 3.63) is 79.1 Å². The quantitative estimate of drug-likeness (QED) is 0.724. The van der Waals surface area contributed by atoms with Crippen LogP contribution in [0.3, 0.4) is 0 Å². The van der Waals surface area contributed by atoms with Gasteiger partial charge in [-0.25, -0.2) is 0 Å². The molecule has 3 heteroatoms. The number of hydrogen-bond acceptors (Lipinski definition) is 2. The standard InChI is InChI=1S/C8H7N.C6H7NO/c1-2-6-9-7-3-5-8(9)4-1;8-6-4-2-1-3-5-7-6/h1-7H;1-5,7-8H. The zero-order valence-corrected chi connectivity index (χ0v) is 9.32. The molecule has 0 unspecified atom stereocenters. The van der Waals surface area contributed by atoms with Gasteiger partial charge in [0.25, 0.3) is 0 Å². The van der Waals surface area contributed by atoms with Crippen molar-refractivity contribution < 1.29 is 5.11 Å². The van der Waals surface area contributed by atoms with Gasteiger partial charge in [0.2, 0.25) is 0 Å². The zero-order valence-electron chi connectivity index (χ0n) is 9.32. The highest BCUT2D eigenvalue weighted by Gasteiger charge is 1.84. The van der Waals surface area contributed by atoms with Gasteiger partial charge < -0.3 is 14.8 Å². The molecule has 0 atom stereocenters. The first-order chi connectivity index (χ1) is 8.36. The molecule has 0 saturated heterocycles. The van der Waals surface area contributed by atoms with E-state index in [2.05, 4.69) is 21.9 Å². The predicted octanol–water partition coefficient (Wildman–Crippen LogP) is 3.00. The fourth-order valence-corrected chi connectivity index (χ4v) is 1.43. The van der Waals surface area contributed by atoms with Crippen molar-refractivity contribution >= 4 is 5.52 Å². The molecule has 0 fully saturated rings. The summed E-state index contributed by atoms with van der Waals surface area (Å²) in [6, 6.07) is 10.3. The Morgan fingerprint density at radius 3 is 2.65 bits per heavy atom. The van der Waals surface area contributed by atoms with E-state index in [9.17, 15) is 0 Å². The van der Waals surface area contributed by atoms with E-state index in [1.165, 1.54) is 5.52 Å². The molecule has 0 bridgehead atoms. The van der Waals surface area contributed by atoms with Crippen molar-refractivity contribution in [3.63, 3.8) is 0 Å². The van der Waals surface area contributed by atoms with Gasteiger partial charge in [0.05, 0.1) is 0 Å². The molecule has 3 heterocycles. The van der Waals surface area contributed by atoms with Gasteiger partial charge in [-0.3, -0.25) is 0 Å². The second-order valence-corrected chi connectivity index (χ2v) is 3.48. The van der Waals surface area contributed by atoms with Gasteiger partial charge in [-0.15, -0.1) is 0 Å². The maximum Gasteiger partial charge on any atom is 0.188 e. The summed E-state index contributed by atoms with van der Waals surface area (Å²) in [5, 5.41) is 11.4. The first kappa shape index (κ1) is 11.1. The topological polar surface area (TPSA) is 36.7 Å². The number of hydrogen-bond donors (Lipinski definition) is 2. The molecule has 0 spiro atoms. The number of pyridine rings is 1. The van der Waals surface area contributed by atoms with Gasteiger partial charge in [-0.1, -0.05) is 18.2 Å². The molecular formula is C14H14N2O. The monoisotopic (exact) mass is 226 g/mol. The molecule has 1 aliphatic heterocycles. The summed E-state index contributed by atoms with van der Waals surface area (Å²) in [6.45, 7) is 0. The minimum Gasteiger partial charge on any atom is -0.495 e. The van der Waals surface area contributed by atoms with Crippen LogP contribution in [0.25, 0.3) is 5.52 Å². The number of rotatable bonds is 0. The van der Waals surface area contributed by atoms with E-state index in [0.717, 1.165) is 0 Å². The van der Waals surface area contributed by atoms with Crippen LogP contribution in [0.1, 0.15) is 0 Å². The van der Waals surface area contributed by atoms with Crippen LogP contribution in [0.4, 0.5) is 0 Å². The summed E-state index contributed by atoms with van der Waals surface area (Å²) in [5.41, 5.74) is 1.25. The van der Waals surface area contributed by atoms with Crippen LogP contribution >= 0.6 is 0 Å². The Hall–Kier alpha value is -2.42. The van der Waals surface area contributed by atoms with Crippen LogP contribution in [0, 0.1) is 0 Å². The van der Waals surface area contributed by atoms with Gasteiger partial charge in [-0.2, -0.15) is 0 Å². The molecule has 86 valence electrons. The molecule has 0 aliphatic carbocycles. The lowest BCUT2D eigenvalue weighted by Crippen LogP contribution is -2.01. The molecule has 2 aromatic heterocycles. The third-order valence-corrected chi connectivity index (χ3v) is 2.24. The zero-order chi connectivity index (χ0) is 11.9. The third kappa shape index (κ3) is 3.28. The molecule has 2 aromatic rings. The van der Waals surface area contributed by atoms with Crippen LogP contribution in [0.2, 0.25) is 0 Å². The molecule has 17 heavy (non-hydrogen) atoms. The van der Waals surface area contributed by atoms with Crippen molar-refractivity contribution in [3.8, 4) is 0 Å². The number of aliphatic hydroxyl groups excluding tert-OH is 1. The molecule has 1 aliphatic rings. The van der Waals surface area contributed by atoms with E-state index in [1.807, 2.05) is 36.7 Å². The van der Waals surface area contributed by atoms with E-state index in [0.29, 0.717) is 0 Å². The molecule has 0 saturated carbocycles. The summed E-state index contributed by atoms with van der Waals surface area (Å²) in [6.07, 6.45) is 12.7. The Bertz CT molecular complexity index is 534. The lowest BCUT2D eigenvalue weighted by Gasteiger charge is -1.91. The minimum atomic E-state index is 0.176. The van der Waals surface area contributed by atoms with Gasteiger partial charge in [-0.05, 0) is 36.4 Å². The summed E-state index contributed by atoms with van der Waals surface area (Å²) >= 11 is 0. The molecule has 2 N–H and O–H groups in total. The minimum absolute atomic E-state index is 0.176. The Kier molecular flexibility index (Phi) is 3.65. The van der Waals surface area contributed by atoms with Crippen molar-refractivity contribution in [1.82, 2.24) is 9.72 Å². The largest absolute Gasteiger partial charge is 0.495 e. The predicted molar refractivity (Wildman–Crippen MR) is 69.5 cm³/mol. The van der Waals surface area contributed by atoms with E-state index in [1.54, 1.807) is 24.4 Å². The Morgan fingerprint density at radius 2 is 1.76 bits per heavy atom. The Morgan fingerprint density at radius 1 is 0.941 bits per heavy atom. The summed E-state index contributed by atoms with van der Waals surface area (Å²) in [7, 11) is 0. The van der Waals surface area contributed by atoms with Crippen molar-refractivity contribution in [2.45, 2.75) is 0 Å². The van der Waals surface area contributed by atoms with Crippen molar-refractivity contribution in [1.29, 1.82) is 0 Å². The normalized spacial score (nSPS) is 13.3. The van der Waals surface area contributed by atoms with Crippen LogP contribution in [0.15, 0.2) is 79.1 Å². The van der Waals surface area contributed by atoms with Gasteiger partial charge in [0, 0.05) is 24.1 Å². The fraction of sp³-hybridized carbons (Fsp3) is 0. The number of fused-ring (bicyclic) bond motifs is 1. The van der Waals surface area contributed by atoms with Gasteiger partial charge in [0.1, 0.15) is 0 Å². The maximum absolute atomic E-state index is 8.74. The van der Waals surface area contributed by atoms with Crippen molar-refractivity contribution in [2.75, 3.05) is 0 Å². The molecule has 0 radical (unpaired) electrons. The molecular weight excluding hydrogens is 212 g/mol. The summed E-state index contributed by atoms with van der Waals surface area (Å²) < 4.78 is 2.08. The van der Waals surface area contributed by atoms with E-state index in [4.69, 9.17) is 5.11 Å². The molecule has 3 nitrogen and oxygen atoms in total. The van der Waals surface area contributed by atoms with E-state index >= 15 is 0 Å². The number of aromatic nitrogens is 1. The highest BCUT2D eigenvalue weighted by molar-refractivity contribution is 5.46. The summed E-state index contributed by atoms with van der Waals surface area (Å²) in [4.78, 5) is 0. The molecule has 0 aromatic carbocycles. The van der Waals surface area contributed by atoms with Gasteiger partial charge >= 0.3 is 0 Å². The number of nitrogens with zero attached hydrogens (tertiary/aromatic N) is 1. The first-order valence-corrected chi connectivity index (χ1v) is 5.37. The van der Waals surface area contributed by atoms with Gasteiger partial charge in [0.15, 0.2) is 5.88 Å². The fourth-order valence-electron chi connectivity index (χ4n) is 1.43. The lowest BCUT2D eigenvalue weighted by molar-refractivity contribution is 0.383. The number of aliphatic hydroxyl groups is 1. The molecule has 3 rings (SSSR count). The SMILES string of the molecule is OC1=CC=CC=CN1.c1ccn2cccc2c1. The highest BCUT2D eigenvalue weighted by Crippen LogP contribution is 2.01. The van der Waals surface area contributed by atoms with Crippen LogP contribution in [-0.2, 0) is 0 Å². The average Bonchev–Trinajstić information content (AvgIpc) is 2.71. The number of allylic oxidation sites excluding steroid dienone is 4. The first-order valence-electron chi connectivity index (χ1n) is 5.37. The van der Waals surface area contributed by atoms with Crippen LogP contribution < -0.4 is 5.32 Å².